The summed E-state index contributed by atoms with van der Waals surface area (Å²) in [6.07, 6.45) is -4.52. The molecule has 1 heterocycles. The van der Waals surface area contributed by atoms with Crippen molar-refractivity contribution in [2.24, 2.45) is 0 Å². The predicted molar refractivity (Wildman–Crippen MR) is 73.1 cm³/mol. The average molecular weight is 319 g/mol. The minimum absolute atomic E-state index is 0.101. The number of carbonyl (C=O) groups excluding carboxylic acids is 1. The Balaban J connectivity index is 2.28. The van der Waals surface area contributed by atoms with E-state index in [9.17, 15) is 18.0 Å². The SMILES string of the molecule is Nc1nc2ccc(C(=O)N(CCO)CC(F)(F)F)cc2s1. The lowest BCUT2D eigenvalue weighted by atomic mass is 10.2. The van der Waals surface area contributed by atoms with Crippen molar-refractivity contribution in [3.05, 3.63) is 23.8 Å². The van der Waals surface area contributed by atoms with Gasteiger partial charge in [0, 0.05) is 12.1 Å². The quantitative estimate of drug-likeness (QED) is 0.902. The number of benzene rings is 1. The maximum atomic E-state index is 12.5. The third kappa shape index (κ3) is 3.82. The second kappa shape index (κ2) is 5.86. The van der Waals surface area contributed by atoms with Gasteiger partial charge in [0.2, 0.25) is 0 Å². The number of nitrogens with zero attached hydrogens (tertiary/aromatic N) is 2. The molecule has 2 rings (SSSR count). The summed E-state index contributed by atoms with van der Waals surface area (Å²) in [6.45, 7) is -2.34. The number of nitrogens with two attached hydrogens (primary N) is 1. The number of thiazole rings is 1. The lowest BCUT2D eigenvalue weighted by molar-refractivity contribution is -0.141. The minimum Gasteiger partial charge on any atom is -0.395 e. The molecular weight excluding hydrogens is 307 g/mol. The van der Waals surface area contributed by atoms with Crippen LogP contribution < -0.4 is 5.73 Å². The normalized spacial score (nSPS) is 11.8. The van der Waals surface area contributed by atoms with Crippen LogP contribution in [0.15, 0.2) is 18.2 Å². The number of aliphatic hydroxyl groups excluding tert-OH is 1. The van der Waals surface area contributed by atoms with Gasteiger partial charge in [-0.2, -0.15) is 13.2 Å². The Morgan fingerprint density at radius 3 is 2.76 bits per heavy atom. The molecule has 0 saturated heterocycles. The number of hydrogen-bond donors (Lipinski definition) is 2. The molecule has 0 atom stereocenters. The number of rotatable bonds is 4. The number of halogens is 3. The summed E-state index contributed by atoms with van der Waals surface area (Å²) >= 11 is 1.15. The Hall–Kier alpha value is -1.87. The third-order valence-electron chi connectivity index (χ3n) is 2.68. The van der Waals surface area contributed by atoms with Crippen LogP contribution in [0.2, 0.25) is 0 Å². The fourth-order valence-corrected chi connectivity index (χ4v) is 2.62. The van der Waals surface area contributed by atoms with Crippen molar-refractivity contribution in [3.8, 4) is 0 Å². The lowest BCUT2D eigenvalue weighted by Crippen LogP contribution is -2.40. The summed E-state index contributed by atoms with van der Waals surface area (Å²) in [4.78, 5) is 16.7. The Bertz CT molecular complexity index is 657. The first-order chi connectivity index (χ1) is 9.80. The van der Waals surface area contributed by atoms with E-state index in [4.69, 9.17) is 10.8 Å². The molecule has 1 aromatic carbocycles. The minimum atomic E-state index is -4.52. The monoisotopic (exact) mass is 319 g/mol. The highest BCUT2D eigenvalue weighted by Gasteiger charge is 2.33. The van der Waals surface area contributed by atoms with Crippen LogP contribution in [-0.2, 0) is 0 Å². The van der Waals surface area contributed by atoms with Crippen LogP contribution >= 0.6 is 11.3 Å². The van der Waals surface area contributed by atoms with Gasteiger partial charge in [0.25, 0.3) is 5.91 Å². The lowest BCUT2D eigenvalue weighted by Gasteiger charge is -2.23. The van der Waals surface area contributed by atoms with E-state index >= 15 is 0 Å². The fraction of sp³-hybridized carbons (Fsp3) is 0.333. The second-order valence-electron chi connectivity index (χ2n) is 4.30. The molecule has 0 fully saturated rings. The van der Waals surface area contributed by atoms with Gasteiger partial charge in [-0.15, -0.1) is 0 Å². The zero-order valence-corrected chi connectivity index (χ0v) is 11.5. The predicted octanol–water partition coefficient (Wildman–Crippen LogP) is 1.88. The highest BCUT2D eigenvalue weighted by molar-refractivity contribution is 7.22. The van der Waals surface area contributed by atoms with E-state index in [1.54, 1.807) is 0 Å². The summed E-state index contributed by atoms with van der Waals surface area (Å²) in [5.41, 5.74) is 6.22. The van der Waals surface area contributed by atoms with E-state index in [-0.39, 0.29) is 12.1 Å². The molecule has 114 valence electrons. The van der Waals surface area contributed by atoms with E-state index in [2.05, 4.69) is 4.98 Å². The summed E-state index contributed by atoms with van der Waals surface area (Å²) in [5, 5.41) is 9.14. The zero-order valence-electron chi connectivity index (χ0n) is 10.7. The molecule has 9 heteroatoms. The first kappa shape index (κ1) is 15.5. The number of nitrogen functional groups attached to an aromatic ring is 1. The van der Waals surface area contributed by atoms with Crippen LogP contribution in [0.1, 0.15) is 10.4 Å². The molecule has 5 nitrogen and oxygen atoms in total. The molecule has 0 aliphatic carbocycles. The van der Waals surface area contributed by atoms with Gasteiger partial charge >= 0.3 is 6.18 Å². The number of aromatic nitrogens is 1. The Morgan fingerprint density at radius 1 is 1.43 bits per heavy atom. The van der Waals surface area contributed by atoms with Crippen molar-refractivity contribution >= 4 is 32.6 Å². The van der Waals surface area contributed by atoms with Gasteiger partial charge in [-0.05, 0) is 18.2 Å². The standard InChI is InChI=1S/C12H12F3N3O2S/c13-12(14,15)6-18(3-4-19)10(20)7-1-2-8-9(5-7)21-11(16)17-8/h1-2,5,19H,3-4,6H2,(H2,16,17). The van der Waals surface area contributed by atoms with Crippen molar-refractivity contribution in [1.82, 2.24) is 9.88 Å². The Labute approximate surface area is 121 Å². The molecule has 2 aromatic rings. The van der Waals surface area contributed by atoms with Crippen molar-refractivity contribution in [3.63, 3.8) is 0 Å². The van der Waals surface area contributed by atoms with Crippen molar-refractivity contribution < 1.29 is 23.1 Å². The van der Waals surface area contributed by atoms with Gasteiger partial charge in [-0.1, -0.05) is 11.3 Å². The molecule has 0 aliphatic rings. The topological polar surface area (TPSA) is 79.5 Å². The van der Waals surface area contributed by atoms with Crippen molar-refractivity contribution in [1.29, 1.82) is 0 Å². The van der Waals surface area contributed by atoms with Gasteiger partial charge < -0.3 is 15.7 Å². The Morgan fingerprint density at radius 2 is 2.14 bits per heavy atom. The molecule has 21 heavy (non-hydrogen) atoms. The maximum Gasteiger partial charge on any atom is 0.406 e. The first-order valence-electron chi connectivity index (χ1n) is 5.93. The van der Waals surface area contributed by atoms with Crippen LogP contribution in [0, 0.1) is 0 Å². The number of alkyl halides is 3. The van der Waals surface area contributed by atoms with Gasteiger partial charge in [0.1, 0.15) is 6.54 Å². The molecule has 0 aliphatic heterocycles. The average Bonchev–Trinajstić information content (AvgIpc) is 2.74. The maximum absolute atomic E-state index is 12.5. The van der Waals surface area contributed by atoms with E-state index in [0.29, 0.717) is 20.2 Å². The van der Waals surface area contributed by atoms with Gasteiger partial charge in [-0.25, -0.2) is 4.98 Å². The summed E-state index contributed by atoms with van der Waals surface area (Å²) in [6, 6.07) is 4.37. The van der Waals surface area contributed by atoms with E-state index in [1.165, 1.54) is 18.2 Å². The van der Waals surface area contributed by atoms with Crippen LogP contribution in [-0.4, -0.2) is 46.8 Å². The number of aliphatic hydroxyl groups is 1. The smallest absolute Gasteiger partial charge is 0.395 e. The summed E-state index contributed by atoms with van der Waals surface area (Å²) in [7, 11) is 0. The fourth-order valence-electron chi connectivity index (χ4n) is 1.85. The highest BCUT2D eigenvalue weighted by Crippen LogP contribution is 2.25. The van der Waals surface area contributed by atoms with Crippen LogP contribution in [0.5, 0.6) is 0 Å². The van der Waals surface area contributed by atoms with Gasteiger partial charge in [0.05, 0.1) is 16.8 Å². The molecule has 0 unspecified atom stereocenters. The molecule has 3 N–H and O–H groups in total. The first-order valence-corrected chi connectivity index (χ1v) is 6.75. The number of amides is 1. The molecule has 0 radical (unpaired) electrons. The summed E-state index contributed by atoms with van der Waals surface area (Å²) < 4.78 is 38.0. The molecular formula is C12H12F3N3O2S. The number of anilines is 1. The molecule has 1 amide bonds. The van der Waals surface area contributed by atoms with Crippen LogP contribution in [0.4, 0.5) is 18.3 Å². The van der Waals surface area contributed by atoms with Crippen LogP contribution in [0.3, 0.4) is 0 Å². The molecule has 1 aromatic heterocycles. The zero-order chi connectivity index (χ0) is 15.6. The molecule has 0 spiro atoms. The second-order valence-corrected chi connectivity index (χ2v) is 5.36. The summed E-state index contributed by atoms with van der Waals surface area (Å²) in [5.74, 6) is -0.796. The number of fused-ring (bicyclic) bond motifs is 1. The number of carbonyl (C=O) groups is 1. The number of hydrogen-bond acceptors (Lipinski definition) is 5. The third-order valence-corrected chi connectivity index (χ3v) is 3.53. The highest BCUT2D eigenvalue weighted by atomic mass is 32.1. The molecule has 0 bridgehead atoms. The molecule has 0 saturated carbocycles. The van der Waals surface area contributed by atoms with Gasteiger partial charge in [-0.3, -0.25) is 4.79 Å². The largest absolute Gasteiger partial charge is 0.406 e. The van der Waals surface area contributed by atoms with Crippen LogP contribution in [0.25, 0.3) is 10.2 Å². The van der Waals surface area contributed by atoms with E-state index in [0.717, 1.165) is 11.3 Å². The van der Waals surface area contributed by atoms with Crippen molar-refractivity contribution in [2.45, 2.75) is 6.18 Å². The van der Waals surface area contributed by atoms with Gasteiger partial charge in [0.15, 0.2) is 5.13 Å². The Kier molecular flexibility index (Phi) is 4.33. The van der Waals surface area contributed by atoms with E-state index in [1.807, 2.05) is 0 Å². The van der Waals surface area contributed by atoms with E-state index < -0.39 is 25.2 Å². The van der Waals surface area contributed by atoms with Crippen molar-refractivity contribution in [2.75, 3.05) is 25.4 Å².